The van der Waals surface area contributed by atoms with Gasteiger partial charge in [-0.25, -0.2) is 0 Å². The standard InChI is InChI=1S/C18H18O2/c1-13(19)16-5-3-7-18(11-16)20-12-14-8-9-15-4-2-6-17(15)10-14/h3,5,7-11H,2,4,6,12H2,1H3. The Balaban J connectivity index is 1.70. The summed E-state index contributed by atoms with van der Waals surface area (Å²) in [7, 11) is 0. The van der Waals surface area contributed by atoms with Crippen molar-refractivity contribution >= 4 is 5.78 Å². The first-order chi connectivity index (χ1) is 9.72. The third kappa shape index (κ3) is 2.74. The highest BCUT2D eigenvalue weighted by Gasteiger charge is 2.11. The van der Waals surface area contributed by atoms with E-state index in [1.165, 1.54) is 36.0 Å². The van der Waals surface area contributed by atoms with Gasteiger partial charge in [-0.15, -0.1) is 0 Å². The van der Waals surface area contributed by atoms with Crippen LogP contribution in [0.25, 0.3) is 0 Å². The van der Waals surface area contributed by atoms with Crippen LogP contribution in [0.2, 0.25) is 0 Å². The third-order valence-electron chi connectivity index (χ3n) is 3.81. The SMILES string of the molecule is CC(=O)c1cccc(OCc2ccc3c(c2)CCC3)c1. The Morgan fingerprint density at radius 3 is 2.80 bits per heavy atom. The largest absolute Gasteiger partial charge is 0.489 e. The van der Waals surface area contributed by atoms with Crippen molar-refractivity contribution in [2.75, 3.05) is 0 Å². The van der Waals surface area contributed by atoms with E-state index in [1.54, 1.807) is 13.0 Å². The second-order valence-corrected chi connectivity index (χ2v) is 5.33. The van der Waals surface area contributed by atoms with E-state index < -0.39 is 0 Å². The zero-order valence-electron chi connectivity index (χ0n) is 11.7. The summed E-state index contributed by atoms with van der Waals surface area (Å²) in [6.07, 6.45) is 3.65. The Morgan fingerprint density at radius 2 is 1.95 bits per heavy atom. The van der Waals surface area contributed by atoms with Crippen LogP contribution in [-0.4, -0.2) is 5.78 Å². The highest BCUT2D eigenvalue weighted by atomic mass is 16.5. The second-order valence-electron chi connectivity index (χ2n) is 5.33. The lowest BCUT2D eigenvalue weighted by atomic mass is 10.1. The molecular formula is C18H18O2. The molecule has 0 fully saturated rings. The van der Waals surface area contributed by atoms with Crippen molar-refractivity contribution in [1.82, 2.24) is 0 Å². The molecule has 2 heteroatoms. The fourth-order valence-corrected chi connectivity index (χ4v) is 2.69. The number of aryl methyl sites for hydroxylation is 2. The van der Waals surface area contributed by atoms with Crippen LogP contribution >= 0.6 is 0 Å². The molecule has 0 spiro atoms. The average Bonchev–Trinajstić information content (AvgIpc) is 2.93. The predicted molar refractivity (Wildman–Crippen MR) is 79.2 cm³/mol. The van der Waals surface area contributed by atoms with E-state index in [2.05, 4.69) is 18.2 Å². The third-order valence-corrected chi connectivity index (χ3v) is 3.81. The van der Waals surface area contributed by atoms with Crippen LogP contribution in [0.1, 0.15) is 40.4 Å². The van der Waals surface area contributed by atoms with Gasteiger partial charge in [-0.2, -0.15) is 0 Å². The normalized spacial score (nSPS) is 13.1. The zero-order valence-corrected chi connectivity index (χ0v) is 11.7. The number of ether oxygens (including phenoxy) is 1. The first-order valence-electron chi connectivity index (χ1n) is 7.07. The maximum atomic E-state index is 11.3. The number of carbonyl (C=O) groups is 1. The molecule has 0 heterocycles. The van der Waals surface area contributed by atoms with Gasteiger partial charge in [0.1, 0.15) is 12.4 Å². The number of hydrogen-bond acceptors (Lipinski definition) is 2. The van der Waals surface area contributed by atoms with Crippen LogP contribution in [0.3, 0.4) is 0 Å². The Hall–Kier alpha value is -2.09. The summed E-state index contributed by atoms with van der Waals surface area (Å²) in [5.41, 5.74) is 4.83. The molecule has 0 amide bonds. The maximum absolute atomic E-state index is 11.3. The van der Waals surface area contributed by atoms with Crippen LogP contribution < -0.4 is 4.74 Å². The van der Waals surface area contributed by atoms with Gasteiger partial charge in [-0.3, -0.25) is 4.79 Å². The fourth-order valence-electron chi connectivity index (χ4n) is 2.69. The van der Waals surface area contributed by atoms with E-state index in [9.17, 15) is 4.79 Å². The van der Waals surface area contributed by atoms with Crippen molar-refractivity contribution in [2.45, 2.75) is 32.8 Å². The molecule has 0 aliphatic heterocycles. The molecule has 2 aromatic rings. The van der Waals surface area contributed by atoms with Crippen molar-refractivity contribution in [3.8, 4) is 5.75 Å². The van der Waals surface area contributed by atoms with Crippen LogP contribution in [0.5, 0.6) is 5.75 Å². The summed E-state index contributed by atoms with van der Waals surface area (Å²) in [4.78, 5) is 11.3. The van der Waals surface area contributed by atoms with Gasteiger partial charge in [0.15, 0.2) is 5.78 Å². The molecular weight excluding hydrogens is 248 g/mol. The molecule has 1 aliphatic carbocycles. The number of Topliss-reactive ketones (excluding diaryl/α,β-unsaturated/α-hetero) is 1. The minimum atomic E-state index is 0.0629. The second kappa shape index (κ2) is 5.49. The summed E-state index contributed by atoms with van der Waals surface area (Å²) in [5, 5.41) is 0. The van der Waals surface area contributed by atoms with E-state index in [1.807, 2.05) is 18.2 Å². The van der Waals surface area contributed by atoms with Gasteiger partial charge in [-0.1, -0.05) is 30.3 Å². The molecule has 0 unspecified atom stereocenters. The summed E-state index contributed by atoms with van der Waals surface area (Å²) in [6.45, 7) is 2.12. The van der Waals surface area contributed by atoms with E-state index in [4.69, 9.17) is 4.74 Å². The van der Waals surface area contributed by atoms with E-state index in [0.717, 1.165) is 5.75 Å². The van der Waals surface area contributed by atoms with Crippen LogP contribution in [0, 0.1) is 0 Å². The molecule has 0 N–H and O–H groups in total. The molecule has 0 saturated heterocycles. The van der Waals surface area contributed by atoms with Crippen LogP contribution in [0.15, 0.2) is 42.5 Å². The van der Waals surface area contributed by atoms with Gasteiger partial charge in [0.05, 0.1) is 0 Å². The Kier molecular flexibility index (Phi) is 3.55. The lowest BCUT2D eigenvalue weighted by Gasteiger charge is -2.09. The van der Waals surface area contributed by atoms with Gasteiger partial charge in [0, 0.05) is 5.56 Å². The highest BCUT2D eigenvalue weighted by Crippen LogP contribution is 2.23. The molecule has 2 nitrogen and oxygen atoms in total. The first kappa shape index (κ1) is 12.9. The van der Waals surface area contributed by atoms with Crippen molar-refractivity contribution in [2.24, 2.45) is 0 Å². The van der Waals surface area contributed by atoms with Gasteiger partial charge in [0.2, 0.25) is 0 Å². The van der Waals surface area contributed by atoms with Crippen LogP contribution in [-0.2, 0) is 19.4 Å². The molecule has 2 aromatic carbocycles. The number of hydrogen-bond donors (Lipinski definition) is 0. The first-order valence-corrected chi connectivity index (χ1v) is 7.07. The Bertz CT molecular complexity index is 644. The van der Waals surface area contributed by atoms with Crippen molar-refractivity contribution in [3.05, 3.63) is 64.7 Å². The summed E-state index contributed by atoms with van der Waals surface area (Å²) >= 11 is 0. The molecule has 102 valence electrons. The molecule has 1 aliphatic rings. The molecule has 20 heavy (non-hydrogen) atoms. The topological polar surface area (TPSA) is 26.3 Å². The molecule has 0 atom stereocenters. The molecule has 0 bridgehead atoms. The smallest absolute Gasteiger partial charge is 0.159 e. The highest BCUT2D eigenvalue weighted by molar-refractivity contribution is 5.94. The van der Waals surface area contributed by atoms with E-state index >= 15 is 0 Å². The average molecular weight is 266 g/mol. The number of carbonyl (C=O) groups excluding carboxylic acids is 1. The summed E-state index contributed by atoms with van der Waals surface area (Å²) in [6, 6.07) is 14.0. The van der Waals surface area contributed by atoms with Gasteiger partial charge < -0.3 is 4.74 Å². The minimum absolute atomic E-state index is 0.0629. The zero-order chi connectivity index (χ0) is 13.9. The van der Waals surface area contributed by atoms with Gasteiger partial charge in [-0.05, 0) is 55.0 Å². The molecule has 0 radical (unpaired) electrons. The number of fused-ring (bicyclic) bond motifs is 1. The van der Waals surface area contributed by atoms with Crippen LogP contribution in [0.4, 0.5) is 0 Å². The Morgan fingerprint density at radius 1 is 1.10 bits per heavy atom. The number of benzene rings is 2. The summed E-state index contributed by atoms with van der Waals surface area (Å²) < 4.78 is 5.79. The van der Waals surface area contributed by atoms with Gasteiger partial charge in [0.25, 0.3) is 0 Å². The van der Waals surface area contributed by atoms with Crippen molar-refractivity contribution in [1.29, 1.82) is 0 Å². The number of ketones is 1. The number of rotatable bonds is 4. The molecule has 0 saturated carbocycles. The molecule has 0 aromatic heterocycles. The summed E-state index contributed by atoms with van der Waals surface area (Å²) in [5.74, 6) is 0.811. The Labute approximate surface area is 119 Å². The fraction of sp³-hybridized carbons (Fsp3) is 0.278. The quantitative estimate of drug-likeness (QED) is 0.783. The van der Waals surface area contributed by atoms with Crippen molar-refractivity contribution in [3.63, 3.8) is 0 Å². The van der Waals surface area contributed by atoms with Gasteiger partial charge >= 0.3 is 0 Å². The van der Waals surface area contributed by atoms with E-state index in [0.29, 0.717) is 12.2 Å². The monoisotopic (exact) mass is 266 g/mol. The van der Waals surface area contributed by atoms with Crippen molar-refractivity contribution < 1.29 is 9.53 Å². The lowest BCUT2D eigenvalue weighted by Crippen LogP contribution is -1.98. The molecule has 3 rings (SSSR count). The minimum Gasteiger partial charge on any atom is -0.489 e. The van der Waals surface area contributed by atoms with E-state index in [-0.39, 0.29) is 5.78 Å². The maximum Gasteiger partial charge on any atom is 0.159 e. The predicted octanol–water partition coefficient (Wildman–Crippen LogP) is 3.96. The lowest BCUT2D eigenvalue weighted by molar-refractivity contribution is 0.101.